The van der Waals surface area contributed by atoms with E-state index in [-0.39, 0.29) is 11.9 Å². The molecule has 1 aliphatic rings. The molecule has 2 heterocycles. The molecule has 0 radical (unpaired) electrons. The topological polar surface area (TPSA) is 67.4 Å². The smallest absolute Gasteiger partial charge is 0.239 e. The van der Waals surface area contributed by atoms with Crippen LogP contribution in [0.15, 0.2) is 12.3 Å². The Hall–Kier alpha value is -1.56. The van der Waals surface area contributed by atoms with Gasteiger partial charge in [0.15, 0.2) is 0 Å². The van der Waals surface area contributed by atoms with Crippen molar-refractivity contribution in [3.05, 3.63) is 12.3 Å². The monoisotopic (exact) mass is 265 g/mol. The van der Waals surface area contributed by atoms with Gasteiger partial charge in [-0.05, 0) is 25.8 Å². The van der Waals surface area contributed by atoms with Crippen LogP contribution in [0.1, 0.15) is 25.8 Å². The van der Waals surface area contributed by atoms with Gasteiger partial charge >= 0.3 is 0 Å². The Bertz CT molecular complexity index is 434. The second-order valence-corrected chi connectivity index (χ2v) is 5.40. The third kappa shape index (κ3) is 3.07. The molecular formula is C13H23N5O. The number of nitrogen functional groups attached to an aromatic ring is 1. The van der Waals surface area contributed by atoms with Gasteiger partial charge in [0.05, 0.1) is 12.1 Å². The first kappa shape index (κ1) is 13.9. The lowest BCUT2D eigenvalue weighted by molar-refractivity contribution is -0.134. The van der Waals surface area contributed by atoms with Crippen molar-refractivity contribution in [3.8, 4) is 0 Å². The second-order valence-electron chi connectivity index (χ2n) is 5.40. The molecule has 2 rings (SSSR count). The number of carbonyl (C=O) groups excluding carboxylic acids is 1. The van der Waals surface area contributed by atoms with Gasteiger partial charge in [-0.3, -0.25) is 14.4 Å². The predicted octanol–water partition coefficient (Wildman–Crippen LogP) is 0.579. The van der Waals surface area contributed by atoms with Gasteiger partial charge in [0.2, 0.25) is 5.91 Å². The highest BCUT2D eigenvalue weighted by molar-refractivity contribution is 5.80. The van der Waals surface area contributed by atoms with Crippen molar-refractivity contribution in [2.45, 2.75) is 31.8 Å². The summed E-state index contributed by atoms with van der Waals surface area (Å²) in [4.78, 5) is 15.8. The van der Waals surface area contributed by atoms with Crippen molar-refractivity contribution in [3.63, 3.8) is 0 Å². The number of hydrogen-bond acceptors (Lipinski definition) is 4. The molecule has 6 heteroatoms. The van der Waals surface area contributed by atoms with Crippen molar-refractivity contribution in [2.75, 3.05) is 32.9 Å². The Balaban J connectivity index is 1.90. The van der Waals surface area contributed by atoms with Crippen molar-refractivity contribution in [1.29, 1.82) is 0 Å². The molecule has 2 N–H and O–H groups in total. The van der Waals surface area contributed by atoms with Crippen molar-refractivity contribution < 1.29 is 4.79 Å². The van der Waals surface area contributed by atoms with E-state index in [0.29, 0.717) is 11.9 Å². The van der Waals surface area contributed by atoms with Crippen LogP contribution in [0.25, 0.3) is 0 Å². The first-order chi connectivity index (χ1) is 8.99. The predicted molar refractivity (Wildman–Crippen MR) is 74.6 cm³/mol. The Morgan fingerprint density at radius 1 is 1.47 bits per heavy atom. The molecule has 0 saturated carbocycles. The SMILES string of the molecule is CC(C(=O)N(C)C)N1CCC(n2ccc(N)n2)CC1. The number of carbonyl (C=O) groups is 1. The van der Waals surface area contributed by atoms with E-state index in [1.165, 1.54) is 0 Å². The fraction of sp³-hybridized carbons (Fsp3) is 0.692. The minimum Gasteiger partial charge on any atom is -0.382 e. The van der Waals surface area contributed by atoms with Gasteiger partial charge in [0.1, 0.15) is 5.82 Å². The molecule has 1 amide bonds. The summed E-state index contributed by atoms with van der Waals surface area (Å²) in [5.74, 6) is 0.736. The highest BCUT2D eigenvalue weighted by atomic mass is 16.2. The van der Waals surface area contributed by atoms with Crippen LogP contribution < -0.4 is 5.73 Å². The molecule has 0 aliphatic carbocycles. The number of nitrogens with zero attached hydrogens (tertiary/aromatic N) is 4. The Morgan fingerprint density at radius 3 is 2.58 bits per heavy atom. The van der Waals surface area contributed by atoms with E-state index < -0.39 is 0 Å². The Labute approximate surface area is 114 Å². The molecule has 0 aromatic carbocycles. The maximum Gasteiger partial charge on any atom is 0.239 e. The fourth-order valence-electron chi connectivity index (χ4n) is 2.62. The number of rotatable bonds is 3. The molecule has 1 unspecified atom stereocenters. The highest BCUT2D eigenvalue weighted by Gasteiger charge is 2.28. The van der Waals surface area contributed by atoms with Crippen LogP contribution in [0.5, 0.6) is 0 Å². The van der Waals surface area contributed by atoms with Crippen LogP contribution in [-0.2, 0) is 4.79 Å². The van der Waals surface area contributed by atoms with Crippen molar-refractivity contribution in [2.24, 2.45) is 0 Å². The molecular weight excluding hydrogens is 242 g/mol. The molecule has 1 saturated heterocycles. The highest BCUT2D eigenvalue weighted by Crippen LogP contribution is 2.23. The van der Waals surface area contributed by atoms with Crippen LogP contribution in [0, 0.1) is 0 Å². The van der Waals surface area contributed by atoms with E-state index in [9.17, 15) is 4.79 Å². The fourth-order valence-corrected chi connectivity index (χ4v) is 2.62. The third-order valence-electron chi connectivity index (χ3n) is 3.85. The van der Waals surface area contributed by atoms with E-state index >= 15 is 0 Å². The van der Waals surface area contributed by atoms with Crippen LogP contribution in [0.2, 0.25) is 0 Å². The van der Waals surface area contributed by atoms with Gasteiger partial charge in [0, 0.05) is 33.4 Å². The largest absolute Gasteiger partial charge is 0.382 e. The molecule has 1 atom stereocenters. The summed E-state index contributed by atoms with van der Waals surface area (Å²) >= 11 is 0. The lowest BCUT2D eigenvalue weighted by Crippen LogP contribution is -2.48. The first-order valence-electron chi connectivity index (χ1n) is 6.75. The lowest BCUT2D eigenvalue weighted by atomic mass is 10.0. The summed E-state index contributed by atoms with van der Waals surface area (Å²) in [7, 11) is 3.61. The lowest BCUT2D eigenvalue weighted by Gasteiger charge is -2.36. The first-order valence-corrected chi connectivity index (χ1v) is 6.75. The average Bonchev–Trinajstić information content (AvgIpc) is 2.84. The second kappa shape index (κ2) is 5.61. The van der Waals surface area contributed by atoms with Gasteiger partial charge in [-0.15, -0.1) is 0 Å². The molecule has 0 spiro atoms. The molecule has 106 valence electrons. The zero-order valence-electron chi connectivity index (χ0n) is 11.9. The quantitative estimate of drug-likeness (QED) is 0.868. The zero-order valence-corrected chi connectivity index (χ0v) is 11.9. The summed E-state index contributed by atoms with van der Waals surface area (Å²) in [6, 6.07) is 2.18. The number of hydrogen-bond donors (Lipinski definition) is 1. The number of aromatic nitrogens is 2. The molecule has 1 fully saturated rings. The van der Waals surface area contributed by atoms with E-state index in [4.69, 9.17) is 5.73 Å². The summed E-state index contributed by atoms with van der Waals surface area (Å²) in [6.07, 6.45) is 3.95. The number of piperidine rings is 1. The normalized spacial score (nSPS) is 19.3. The van der Waals surface area contributed by atoms with Crippen molar-refractivity contribution >= 4 is 11.7 Å². The van der Waals surface area contributed by atoms with E-state index in [1.807, 2.05) is 23.9 Å². The molecule has 0 bridgehead atoms. The number of amides is 1. The molecule has 1 aliphatic heterocycles. The maximum atomic E-state index is 11.9. The van der Waals surface area contributed by atoms with Gasteiger partial charge < -0.3 is 10.6 Å². The molecule has 19 heavy (non-hydrogen) atoms. The summed E-state index contributed by atoms with van der Waals surface area (Å²) < 4.78 is 1.95. The summed E-state index contributed by atoms with van der Waals surface area (Å²) in [5.41, 5.74) is 5.64. The number of anilines is 1. The molecule has 1 aromatic rings. The number of likely N-dealkylation sites (tertiary alicyclic amines) is 1. The third-order valence-corrected chi connectivity index (χ3v) is 3.85. The minimum atomic E-state index is -0.0429. The van der Waals surface area contributed by atoms with Crippen LogP contribution in [0.3, 0.4) is 0 Å². The van der Waals surface area contributed by atoms with Crippen LogP contribution >= 0.6 is 0 Å². The summed E-state index contributed by atoms with van der Waals surface area (Å²) in [5, 5.41) is 4.27. The van der Waals surface area contributed by atoms with Crippen molar-refractivity contribution in [1.82, 2.24) is 19.6 Å². The standard InChI is InChI=1S/C13H23N5O/c1-10(13(19)16(2)3)17-7-4-11(5-8-17)18-9-6-12(14)15-18/h6,9-11H,4-5,7-8H2,1-3H3,(H2,14,15). The minimum absolute atomic E-state index is 0.0429. The molecule has 1 aromatic heterocycles. The van der Waals surface area contributed by atoms with Gasteiger partial charge in [-0.1, -0.05) is 0 Å². The van der Waals surface area contributed by atoms with Crippen LogP contribution in [-0.4, -0.2) is 58.7 Å². The van der Waals surface area contributed by atoms with Crippen LogP contribution in [0.4, 0.5) is 5.82 Å². The van der Waals surface area contributed by atoms with E-state index in [1.54, 1.807) is 19.0 Å². The Kier molecular flexibility index (Phi) is 4.09. The van der Waals surface area contributed by atoms with E-state index in [2.05, 4.69) is 10.00 Å². The summed E-state index contributed by atoms with van der Waals surface area (Å²) in [6.45, 7) is 3.82. The van der Waals surface area contributed by atoms with E-state index in [0.717, 1.165) is 25.9 Å². The number of nitrogens with two attached hydrogens (primary N) is 1. The number of likely N-dealkylation sites (N-methyl/N-ethyl adjacent to an activating group) is 1. The molecule has 6 nitrogen and oxygen atoms in total. The van der Waals surface area contributed by atoms with Gasteiger partial charge in [-0.2, -0.15) is 5.10 Å². The van der Waals surface area contributed by atoms with Gasteiger partial charge in [0.25, 0.3) is 0 Å². The van der Waals surface area contributed by atoms with Gasteiger partial charge in [-0.25, -0.2) is 0 Å². The maximum absolute atomic E-state index is 11.9. The zero-order chi connectivity index (χ0) is 14.0. The average molecular weight is 265 g/mol. The Morgan fingerprint density at radius 2 is 2.11 bits per heavy atom.